The zero-order valence-electron chi connectivity index (χ0n) is 15.9. The summed E-state index contributed by atoms with van der Waals surface area (Å²) in [6.07, 6.45) is 10.9. The van der Waals surface area contributed by atoms with Gasteiger partial charge in [0.25, 0.3) is 0 Å². The number of unbranched alkanes of at least 4 members (excludes halogenated alkanes) is 3. The summed E-state index contributed by atoms with van der Waals surface area (Å²) in [5, 5.41) is 0. The van der Waals surface area contributed by atoms with Crippen molar-refractivity contribution in [2.45, 2.75) is 72.6 Å². The number of ether oxygens (including phenoxy) is 1. The third kappa shape index (κ3) is 6.30. The van der Waals surface area contributed by atoms with Crippen molar-refractivity contribution in [1.82, 2.24) is 0 Å². The number of hydrogen-bond acceptors (Lipinski definition) is 3. The van der Waals surface area contributed by atoms with Crippen LogP contribution in [-0.4, -0.2) is 31.5 Å². The van der Waals surface area contributed by atoms with Crippen LogP contribution in [0.3, 0.4) is 0 Å². The maximum atomic E-state index is 12.7. The molecule has 0 aliphatic rings. The Kier molecular flexibility index (Phi) is 10.5. The second-order valence-electron chi connectivity index (χ2n) is 6.66. The Morgan fingerprint density at radius 1 is 1.08 bits per heavy atom. The quantitative estimate of drug-likeness (QED) is 0.220. The standard InChI is InChI=1S/C8H7O3.3C4H9.Sn/c1-10-8(9)5-4-7-3-2-6-11-7;3*1-3-4-2;/h2-4,6H,1H3;3*1,3-4H2,2H3;. The molecule has 1 aromatic heterocycles. The number of esters is 1. The van der Waals surface area contributed by atoms with Gasteiger partial charge in [-0.25, -0.2) is 0 Å². The van der Waals surface area contributed by atoms with Gasteiger partial charge in [0, 0.05) is 0 Å². The average Bonchev–Trinajstić information content (AvgIpc) is 3.12. The fourth-order valence-corrected chi connectivity index (χ4v) is 19.5. The van der Waals surface area contributed by atoms with Crippen LogP contribution in [0.15, 0.2) is 26.4 Å². The molecule has 0 saturated carbocycles. The molecule has 3 nitrogen and oxygen atoms in total. The average molecular weight is 441 g/mol. The van der Waals surface area contributed by atoms with Crippen LogP contribution in [0, 0.1) is 0 Å². The van der Waals surface area contributed by atoms with E-state index in [4.69, 9.17) is 9.15 Å². The van der Waals surface area contributed by atoms with E-state index in [1.807, 2.05) is 18.2 Å². The SMILES string of the molecule is CCC[CH2][Sn]([CH2]CCC)([CH2]CCC)/[C](=C\c1ccco1)C(=O)OC. The summed E-state index contributed by atoms with van der Waals surface area (Å²) in [5.74, 6) is 0.659. The Morgan fingerprint density at radius 3 is 2.00 bits per heavy atom. The summed E-state index contributed by atoms with van der Waals surface area (Å²) in [7, 11) is 1.51. The normalized spacial score (nSPS) is 12.4. The van der Waals surface area contributed by atoms with E-state index in [0.29, 0.717) is 0 Å². The van der Waals surface area contributed by atoms with Gasteiger partial charge >= 0.3 is 152 Å². The fraction of sp³-hybridized carbons (Fsp3) is 0.650. The van der Waals surface area contributed by atoms with Gasteiger partial charge in [0.2, 0.25) is 0 Å². The summed E-state index contributed by atoms with van der Waals surface area (Å²) in [6, 6.07) is 3.81. The fourth-order valence-electron chi connectivity index (χ4n) is 3.38. The first-order valence-electron chi connectivity index (χ1n) is 9.47. The number of hydrogen-bond donors (Lipinski definition) is 0. The van der Waals surface area contributed by atoms with Gasteiger partial charge < -0.3 is 0 Å². The molecule has 1 heterocycles. The minimum absolute atomic E-state index is 0.120. The first-order chi connectivity index (χ1) is 11.6. The van der Waals surface area contributed by atoms with Crippen molar-refractivity contribution >= 4 is 30.4 Å². The number of carbonyl (C=O) groups excluding carboxylic acids is 1. The van der Waals surface area contributed by atoms with Crippen molar-refractivity contribution < 1.29 is 13.9 Å². The zero-order valence-corrected chi connectivity index (χ0v) is 18.8. The predicted octanol–water partition coefficient (Wildman–Crippen LogP) is 6.22. The van der Waals surface area contributed by atoms with Gasteiger partial charge in [0.1, 0.15) is 0 Å². The molecule has 1 aromatic rings. The molecule has 0 spiro atoms. The van der Waals surface area contributed by atoms with Crippen molar-refractivity contribution in [3.05, 3.63) is 27.7 Å². The van der Waals surface area contributed by atoms with Crippen molar-refractivity contribution in [2.24, 2.45) is 0 Å². The van der Waals surface area contributed by atoms with Crippen LogP contribution in [0.4, 0.5) is 0 Å². The van der Waals surface area contributed by atoms with E-state index < -0.39 is 18.4 Å². The minimum atomic E-state index is -2.82. The predicted molar refractivity (Wildman–Crippen MR) is 104 cm³/mol. The Labute approximate surface area is 151 Å². The van der Waals surface area contributed by atoms with Crippen LogP contribution in [0.2, 0.25) is 13.3 Å². The van der Waals surface area contributed by atoms with E-state index in [-0.39, 0.29) is 5.97 Å². The van der Waals surface area contributed by atoms with Crippen molar-refractivity contribution in [1.29, 1.82) is 0 Å². The Balaban J connectivity index is 3.30. The van der Waals surface area contributed by atoms with Gasteiger partial charge in [-0.2, -0.15) is 0 Å². The van der Waals surface area contributed by atoms with E-state index in [1.54, 1.807) is 6.26 Å². The van der Waals surface area contributed by atoms with Gasteiger partial charge in [0.05, 0.1) is 0 Å². The topological polar surface area (TPSA) is 39.4 Å². The zero-order chi connectivity index (χ0) is 17.8. The molecule has 0 aliphatic carbocycles. The van der Waals surface area contributed by atoms with Crippen LogP contribution in [0.5, 0.6) is 0 Å². The van der Waals surface area contributed by atoms with Gasteiger partial charge in [-0.05, 0) is 0 Å². The van der Waals surface area contributed by atoms with Crippen molar-refractivity contribution in [3.8, 4) is 0 Å². The molecular formula is C20H34O3Sn. The summed E-state index contributed by atoms with van der Waals surface area (Å²) < 4.78 is 15.5. The maximum absolute atomic E-state index is 12.7. The molecule has 0 radical (unpaired) electrons. The van der Waals surface area contributed by atoms with E-state index in [0.717, 1.165) is 9.35 Å². The first-order valence-corrected chi connectivity index (χ1v) is 17.0. The van der Waals surface area contributed by atoms with Crippen LogP contribution in [0.1, 0.15) is 65.1 Å². The second kappa shape index (κ2) is 11.8. The number of rotatable bonds is 12. The monoisotopic (exact) mass is 442 g/mol. The van der Waals surface area contributed by atoms with E-state index in [2.05, 4.69) is 20.8 Å². The molecular weight excluding hydrogens is 407 g/mol. The first kappa shape index (κ1) is 21.3. The molecule has 0 unspecified atom stereocenters. The number of methoxy groups -OCH3 is 1. The molecule has 136 valence electrons. The Bertz CT molecular complexity index is 469. The third-order valence-corrected chi connectivity index (χ3v) is 20.3. The van der Waals surface area contributed by atoms with Crippen molar-refractivity contribution in [2.75, 3.05) is 7.11 Å². The molecule has 0 aromatic carbocycles. The molecule has 0 saturated heterocycles. The van der Waals surface area contributed by atoms with Gasteiger partial charge in [0.15, 0.2) is 0 Å². The van der Waals surface area contributed by atoms with Crippen LogP contribution < -0.4 is 0 Å². The van der Waals surface area contributed by atoms with E-state index in [1.165, 1.54) is 58.9 Å². The summed E-state index contributed by atoms with van der Waals surface area (Å²) >= 11 is -2.82. The molecule has 0 atom stereocenters. The third-order valence-electron chi connectivity index (χ3n) is 4.83. The Morgan fingerprint density at radius 2 is 1.62 bits per heavy atom. The molecule has 0 bridgehead atoms. The molecule has 24 heavy (non-hydrogen) atoms. The summed E-state index contributed by atoms with van der Waals surface area (Å²) in [6.45, 7) is 6.72. The molecule has 0 aliphatic heterocycles. The van der Waals surface area contributed by atoms with E-state index in [9.17, 15) is 4.79 Å². The van der Waals surface area contributed by atoms with Crippen LogP contribution >= 0.6 is 0 Å². The Hall–Kier alpha value is -0.711. The van der Waals surface area contributed by atoms with E-state index >= 15 is 0 Å². The molecule has 0 N–H and O–H groups in total. The molecule has 0 fully saturated rings. The van der Waals surface area contributed by atoms with Gasteiger partial charge in [-0.1, -0.05) is 0 Å². The second-order valence-corrected chi connectivity index (χ2v) is 19.8. The van der Waals surface area contributed by atoms with Crippen LogP contribution in [0.25, 0.3) is 6.08 Å². The molecule has 4 heteroatoms. The molecule has 1 rings (SSSR count). The summed E-state index contributed by atoms with van der Waals surface area (Å²) in [4.78, 5) is 12.7. The number of furan rings is 1. The number of carbonyl (C=O) groups is 1. The van der Waals surface area contributed by atoms with Crippen molar-refractivity contribution in [3.63, 3.8) is 0 Å². The van der Waals surface area contributed by atoms with Gasteiger partial charge in [-0.3, -0.25) is 0 Å². The van der Waals surface area contributed by atoms with Crippen LogP contribution in [-0.2, 0) is 9.53 Å². The van der Waals surface area contributed by atoms with Gasteiger partial charge in [-0.15, -0.1) is 0 Å². The molecule has 0 amide bonds. The summed E-state index contributed by atoms with van der Waals surface area (Å²) in [5.41, 5.74) is 0.